The molecular formula is C6H9NaO7S. The molecule has 1 unspecified atom stereocenters. The summed E-state index contributed by atoms with van der Waals surface area (Å²) in [5.74, 6) is -2.88. The monoisotopic (exact) mass is 248 g/mol. The number of esters is 1. The van der Waals surface area contributed by atoms with Crippen LogP contribution in [0, 0.1) is 0 Å². The van der Waals surface area contributed by atoms with Gasteiger partial charge in [-0.25, -0.2) is 0 Å². The second kappa shape index (κ2) is 7.18. The molecule has 0 aliphatic carbocycles. The predicted octanol–water partition coefficient (Wildman–Crippen LogP) is -5.35. The summed E-state index contributed by atoms with van der Waals surface area (Å²) in [6.45, 7) is 0. The molecule has 0 amide bonds. The molecule has 0 spiro atoms. The van der Waals surface area contributed by atoms with E-state index in [4.69, 9.17) is 0 Å². The van der Waals surface area contributed by atoms with E-state index in [9.17, 15) is 23.1 Å². The molecule has 1 atom stereocenters. The standard InChI is InChI=1S/C6H10O7S.Na/c1-12-6(9)4(3-5(7)8)14(10,11)13-2;/h4H,3H2,1-2H3,(H,7,8);/q;+1/p-1. The van der Waals surface area contributed by atoms with Crippen LogP contribution in [0.15, 0.2) is 0 Å². The fraction of sp³-hybridized carbons (Fsp3) is 0.667. The number of hydrogen-bond acceptors (Lipinski definition) is 7. The molecule has 15 heavy (non-hydrogen) atoms. The van der Waals surface area contributed by atoms with Crippen LogP contribution in [0.5, 0.6) is 0 Å². The molecule has 0 aliphatic rings. The normalized spacial score (nSPS) is 12.4. The number of carbonyl (C=O) groups excluding carboxylic acids is 2. The zero-order chi connectivity index (χ0) is 11.4. The van der Waals surface area contributed by atoms with Crippen molar-refractivity contribution < 1.29 is 61.6 Å². The number of carboxylic acids is 1. The third-order valence-corrected chi connectivity index (χ3v) is 2.92. The maximum atomic E-state index is 11.0. The van der Waals surface area contributed by atoms with Crippen molar-refractivity contribution in [2.24, 2.45) is 0 Å². The maximum Gasteiger partial charge on any atom is 1.00 e. The van der Waals surface area contributed by atoms with Crippen molar-refractivity contribution in [2.45, 2.75) is 11.7 Å². The third-order valence-electron chi connectivity index (χ3n) is 1.40. The van der Waals surface area contributed by atoms with Crippen LogP contribution >= 0.6 is 0 Å². The van der Waals surface area contributed by atoms with Crippen LogP contribution < -0.4 is 34.7 Å². The van der Waals surface area contributed by atoms with E-state index in [1.54, 1.807) is 0 Å². The average Bonchev–Trinajstić information content (AvgIpc) is 2.12. The molecule has 0 rings (SSSR count). The Kier molecular flexibility index (Phi) is 8.25. The Morgan fingerprint density at radius 2 is 1.80 bits per heavy atom. The Morgan fingerprint density at radius 3 is 2.07 bits per heavy atom. The van der Waals surface area contributed by atoms with E-state index in [1.165, 1.54) is 0 Å². The van der Waals surface area contributed by atoms with E-state index >= 15 is 0 Å². The van der Waals surface area contributed by atoms with E-state index in [0.29, 0.717) is 0 Å². The predicted molar refractivity (Wildman–Crippen MR) is 41.4 cm³/mol. The molecule has 0 saturated heterocycles. The second-order valence-corrected chi connectivity index (χ2v) is 4.14. The van der Waals surface area contributed by atoms with Crippen molar-refractivity contribution in [1.82, 2.24) is 0 Å². The zero-order valence-corrected chi connectivity index (χ0v) is 11.4. The number of aliphatic carboxylic acids is 1. The van der Waals surface area contributed by atoms with Crippen molar-refractivity contribution in [2.75, 3.05) is 14.2 Å². The van der Waals surface area contributed by atoms with E-state index in [2.05, 4.69) is 8.92 Å². The fourth-order valence-corrected chi connectivity index (χ4v) is 1.61. The van der Waals surface area contributed by atoms with Gasteiger partial charge in [0.25, 0.3) is 10.1 Å². The molecule has 0 aliphatic heterocycles. The SMILES string of the molecule is COC(=O)C(CC(=O)[O-])S(=O)(=O)OC.[Na+]. The van der Waals surface area contributed by atoms with Gasteiger partial charge in [0.1, 0.15) is 0 Å². The topological polar surface area (TPSA) is 110 Å². The number of carboxylic acid groups (broad SMARTS) is 1. The van der Waals surface area contributed by atoms with Crippen LogP contribution in [0.4, 0.5) is 0 Å². The summed E-state index contributed by atoms with van der Waals surface area (Å²) < 4.78 is 30.2. The van der Waals surface area contributed by atoms with Gasteiger partial charge in [0.2, 0.25) is 0 Å². The first-order chi connectivity index (χ1) is 6.35. The molecule has 0 aromatic heterocycles. The molecule has 7 nitrogen and oxygen atoms in total. The smallest absolute Gasteiger partial charge is 0.550 e. The first kappa shape index (κ1) is 17.3. The summed E-state index contributed by atoms with van der Waals surface area (Å²) >= 11 is 0. The van der Waals surface area contributed by atoms with Crippen molar-refractivity contribution in [3.05, 3.63) is 0 Å². The van der Waals surface area contributed by atoms with E-state index in [0.717, 1.165) is 14.2 Å². The molecule has 0 aromatic rings. The zero-order valence-electron chi connectivity index (χ0n) is 8.55. The van der Waals surface area contributed by atoms with Gasteiger partial charge in [-0.05, 0) is 0 Å². The quantitative estimate of drug-likeness (QED) is 0.271. The minimum Gasteiger partial charge on any atom is -0.550 e. The third kappa shape index (κ3) is 5.47. The van der Waals surface area contributed by atoms with Gasteiger partial charge in [0, 0.05) is 12.4 Å². The average molecular weight is 248 g/mol. The Hall–Kier alpha value is -0.150. The van der Waals surface area contributed by atoms with Gasteiger partial charge in [-0.3, -0.25) is 8.98 Å². The number of methoxy groups -OCH3 is 1. The fourth-order valence-electron chi connectivity index (χ4n) is 0.702. The van der Waals surface area contributed by atoms with Gasteiger partial charge in [-0.2, -0.15) is 8.42 Å². The summed E-state index contributed by atoms with van der Waals surface area (Å²) in [4.78, 5) is 21.0. The first-order valence-electron chi connectivity index (χ1n) is 3.42. The van der Waals surface area contributed by atoms with Crippen molar-refractivity contribution in [3.8, 4) is 0 Å². The molecule has 9 heteroatoms. The molecule has 0 saturated carbocycles. The maximum absolute atomic E-state index is 11.0. The molecular weight excluding hydrogens is 239 g/mol. The minimum atomic E-state index is -4.26. The first-order valence-corrected chi connectivity index (χ1v) is 4.89. The molecule has 0 heterocycles. The van der Waals surface area contributed by atoms with Crippen LogP contribution in [0.25, 0.3) is 0 Å². The Bertz CT molecular complexity index is 322. The molecule has 0 aromatic carbocycles. The van der Waals surface area contributed by atoms with Crippen molar-refractivity contribution in [3.63, 3.8) is 0 Å². The largest absolute Gasteiger partial charge is 1.00 e. The summed E-state index contributed by atoms with van der Waals surface area (Å²) in [6.07, 6.45) is -0.997. The Morgan fingerprint density at radius 1 is 1.33 bits per heavy atom. The molecule has 0 fully saturated rings. The van der Waals surface area contributed by atoms with Crippen molar-refractivity contribution in [1.29, 1.82) is 0 Å². The molecule has 82 valence electrons. The van der Waals surface area contributed by atoms with E-state index in [-0.39, 0.29) is 29.6 Å². The van der Waals surface area contributed by atoms with E-state index < -0.39 is 33.7 Å². The van der Waals surface area contributed by atoms with Crippen LogP contribution in [-0.4, -0.2) is 39.8 Å². The summed E-state index contributed by atoms with van der Waals surface area (Å²) in [5.41, 5.74) is 0. The van der Waals surface area contributed by atoms with E-state index in [1.807, 2.05) is 0 Å². The molecule has 0 radical (unpaired) electrons. The summed E-state index contributed by atoms with van der Waals surface area (Å²) in [7, 11) is -2.50. The van der Waals surface area contributed by atoms with Crippen LogP contribution in [0.3, 0.4) is 0 Å². The van der Waals surface area contributed by atoms with Gasteiger partial charge < -0.3 is 14.6 Å². The van der Waals surface area contributed by atoms with Crippen LogP contribution in [0.1, 0.15) is 6.42 Å². The summed E-state index contributed by atoms with van der Waals surface area (Å²) in [6, 6.07) is 0. The van der Waals surface area contributed by atoms with Gasteiger partial charge in [-0.1, -0.05) is 0 Å². The van der Waals surface area contributed by atoms with Crippen molar-refractivity contribution >= 4 is 22.1 Å². The minimum absolute atomic E-state index is 0. The number of ether oxygens (including phenoxy) is 1. The van der Waals surface area contributed by atoms with Crippen LogP contribution in [-0.2, 0) is 28.6 Å². The molecule has 0 bridgehead atoms. The second-order valence-electron chi connectivity index (χ2n) is 2.25. The number of rotatable bonds is 5. The van der Waals surface area contributed by atoms with Gasteiger partial charge in [0.15, 0.2) is 5.25 Å². The summed E-state index contributed by atoms with van der Waals surface area (Å²) in [5, 5.41) is 8.27. The number of hydrogen-bond donors (Lipinski definition) is 0. The van der Waals surface area contributed by atoms with Gasteiger partial charge in [0.05, 0.1) is 14.2 Å². The van der Waals surface area contributed by atoms with Gasteiger partial charge in [-0.15, -0.1) is 0 Å². The van der Waals surface area contributed by atoms with Crippen LogP contribution in [0.2, 0.25) is 0 Å². The molecule has 0 N–H and O–H groups in total. The Balaban J connectivity index is 0. The number of carbonyl (C=O) groups is 2. The Labute approximate surface area is 109 Å². The van der Waals surface area contributed by atoms with Gasteiger partial charge >= 0.3 is 35.5 Å².